The number of amides is 1. The monoisotopic (exact) mass is 300 g/mol. The average Bonchev–Trinajstić information content (AvgIpc) is 2.91. The molecule has 0 saturated heterocycles. The average molecular weight is 300 g/mol. The quantitative estimate of drug-likeness (QED) is 0.593. The lowest BCUT2D eigenvalue weighted by atomic mass is 10.1. The molecule has 0 bridgehead atoms. The van der Waals surface area contributed by atoms with Crippen LogP contribution in [0.3, 0.4) is 0 Å². The van der Waals surface area contributed by atoms with Crippen LogP contribution in [-0.4, -0.2) is 36.7 Å². The van der Waals surface area contributed by atoms with Crippen molar-refractivity contribution in [2.45, 2.75) is 31.3 Å². The first-order valence-corrected chi connectivity index (χ1v) is 7.22. The summed E-state index contributed by atoms with van der Waals surface area (Å²) in [5, 5.41) is 13.5. The van der Waals surface area contributed by atoms with E-state index in [9.17, 15) is 9.59 Å². The summed E-state index contributed by atoms with van der Waals surface area (Å²) >= 11 is 1.41. The van der Waals surface area contributed by atoms with Crippen LogP contribution in [0.4, 0.5) is 0 Å². The molecule has 0 aliphatic heterocycles. The Hall–Kier alpha value is -1.44. The molecule has 20 heavy (non-hydrogen) atoms. The Morgan fingerprint density at radius 1 is 1.55 bits per heavy atom. The van der Waals surface area contributed by atoms with Crippen molar-refractivity contribution in [1.82, 2.24) is 5.32 Å². The first kappa shape index (κ1) is 16.6. The molecule has 1 heterocycles. The Bertz CT molecular complexity index is 422. The first-order chi connectivity index (χ1) is 9.54. The standard InChI is InChI=1S/C13H20N2O4S/c1-19-6-2-4-9(14)13(18)15-10(8-12(16)17)11-5-3-7-20-11/h3,5,7,9-10H,2,4,6,8,14H2,1H3,(H,15,18)(H,16,17). The highest BCUT2D eigenvalue weighted by Crippen LogP contribution is 2.22. The van der Waals surface area contributed by atoms with Gasteiger partial charge in [-0.25, -0.2) is 0 Å². The van der Waals surface area contributed by atoms with Gasteiger partial charge in [0.15, 0.2) is 0 Å². The van der Waals surface area contributed by atoms with Gasteiger partial charge in [0.1, 0.15) is 0 Å². The second-order valence-corrected chi connectivity index (χ2v) is 5.40. The molecular weight excluding hydrogens is 280 g/mol. The lowest BCUT2D eigenvalue weighted by Crippen LogP contribution is -2.42. The fraction of sp³-hybridized carbons (Fsp3) is 0.538. The third-order valence-corrected chi connectivity index (χ3v) is 3.77. The summed E-state index contributed by atoms with van der Waals surface area (Å²) in [5.74, 6) is -1.29. The summed E-state index contributed by atoms with van der Waals surface area (Å²) in [7, 11) is 1.59. The number of hydrogen-bond donors (Lipinski definition) is 3. The van der Waals surface area contributed by atoms with Gasteiger partial charge in [0.2, 0.25) is 5.91 Å². The molecule has 4 N–H and O–H groups in total. The molecule has 0 fully saturated rings. The fourth-order valence-electron chi connectivity index (χ4n) is 1.74. The predicted molar refractivity (Wildman–Crippen MR) is 76.5 cm³/mol. The van der Waals surface area contributed by atoms with Crippen molar-refractivity contribution in [2.75, 3.05) is 13.7 Å². The van der Waals surface area contributed by atoms with E-state index in [1.165, 1.54) is 11.3 Å². The van der Waals surface area contributed by atoms with E-state index in [0.717, 1.165) is 4.88 Å². The lowest BCUT2D eigenvalue weighted by Gasteiger charge is -2.18. The summed E-state index contributed by atoms with van der Waals surface area (Å²) in [6.45, 7) is 0.546. The smallest absolute Gasteiger partial charge is 0.305 e. The van der Waals surface area contributed by atoms with E-state index in [0.29, 0.717) is 19.4 Å². The van der Waals surface area contributed by atoms with E-state index < -0.39 is 18.1 Å². The number of nitrogens with two attached hydrogens (primary N) is 1. The van der Waals surface area contributed by atoms with Gasteiger partial charge in [0.05, 0.1) is 18.5 Å². The highest BCUT2D eigenvalue weighted by molar-refractivity contribution is 7.10. The zero-order valence-corrected chi connectivity index (χ0v) is 12.2. The van der Waals surface area contributed by atoms with Crippen molar-refractivity contribution >= 4 is 23.2 Å². The minimum absolute atomic E-state index is 0.156. The van der Waals surface area contributed by atoms with Crippen LogP contribution in [0.2, 0.25) is 0 Å². The summed E-state index contributed by atoms with van der Waals surface area (Å²) in [6, 6.07) is 2.43. The van der Waals surface area contributed by atoms with Gasteiger partial charge < -0.3 is 20.9 Å². The number of ether oxygens (including phenoxy) is 1. The number of rotatable bonds is 9. The molecule has 1 aromatic rings. The maximum Gasteiger partial charge on any atom is 0.305 e. The topological polar surface area (TPSA) is 102 Å². The number of carboxylic acids is 1. The van der Waals surface area contributed by atoms with Crippen molar-refractivity contribution in [3.63, 3.8) is 0 Å². The third kappa shape index (κ3) is 5.68. The van der Waals surface area contributed by atoms with Crippen molar-refractivity contribution in [2.24, 2.45) is 5.73 Å². The van der Waals surface area contributed by atoms with Crippen molar-refractivity contribution in [3.8, 4) is 0 Å². The van der Waals surface area contributed by atoms with Crippen LogP contribution in [0, 0.1) is 0 Å². The summed E-state index contributed by atoms with van der Waals surface area (Å²) in [4.78, 5) is 23.6. The van der Waals surface area contributed by atoms with Gasteiger partial charge in [-0.05, 0) is 24.3 Å². The Morgan fingerprint density at radius 2 is 2.30 bits per heavy atom. The number of thiophene rings is 1. The molecule has 6 nitrogen and oxygen atoms in total. The molecular formula is C13H20N2O4S. The van der Waals surface area contributed by atoms with Crippen LogP contribution in [0.1, 0.15) is 30.2 Å². The normalized spacial score (nSPS) is 13.7. The lowest BCUT2D eigenvalue weighted by molar-refractivity contribution is -0.137. The SMILES string of the molecule is COCCCC(N)C(=O)NC(CC(=O)O)c1cccs1. The van der Waals surface area contributed by atoms with Crippen molar-refractivity contribution in [1.29, 1.82) is 0 Å². The third-order valence-electron chi connectivity index (χ3n) is 2.78. The molecule has 0 radical (unpaired) electrons. The Morgan fingerprint density at radius 3 is 2.85 bits per heavy atom. The zero-order valence-electron chi connectivity index (χ0n) is 11.4. The van der Waals surface area contributed by atoms with Gasteiger partial charge in [0.25, 0.3) is 0 Å². The highest BCUT2D eigenvalue weighted by Gasteiger charge is 2.22. The van der Waals surface area contributed by atoms with Crippen LogP contribution in [-0.2, 0) is 14.3 Å². The number of methoxy groups -OCH3 is 1. The second kappa shape index (κ2) is 8.68. The molecule has 0 aliphatic rings. The Labute approximate surface area is 121 Å². The molecule has 2 atom stereocenters. The van der Waals surface area contributed by atoms with E-state index >= 15 is 0 Å². The van der Waals surface area contributed by atoms with E-state index in [4.69, 9.17) is 15.6 Å². The van der Waals surface area contributed by atoms with Gasteiger partial charge in [-0.15, -0.1) is 11.3 Å². The molecule has 1 rings (SSSR count). The minimum atomic E-state index is -0.961. The van der Waals surface area contributed by atoms with Crippen molar-refractivity contribution < 1.29 is 19.4 Å². The summed E-state index contributed by atoms with van der Waals surface area (Å²) < 4.78 is 4.90. The molecule has 112 valence electrons. The fourth-order valence-corrected chi connectivity index (χ4v) is 2.52. The van der Waals surface area contributed by atoms with Crippen LogP contribution in [0.15, 0.2) is 17.5 Å². The molecule has 0 aromatic carbocycles. The zero-order chi connectivity index (χ0) is 15.0. The molecule has 1 aromatic heterocycles. The molecule has 2 unspecified atom stereocenters. The van der Waals surface area contributed by atoms with E-state index in [2.05, 4.69) is 5.32 Å². The number of hydrogen-bond acceptors (Lipinski definition) is 5. The second-order valence-electron chi connectivity index (χ2n) is 4.42. The van der Waals surface area contributed by atoms with Crippen LogP contribution in [0.5, 0.6) is 0 Å². The Kier molecular flexibility index (Phi) is 7.21. The Balaban J connectivity index is 2.56. The van der Waals surface area contributed by atoms with Crippen LogP contribution >= 0.6 is 11.3 Å². The molecule has 0 saturated carbocycles. The first-order valence-electron chi connectivity index (χ1n) is 6.34. The number of carbonyl (C=O) groups is 2. The number of carboxylic acid groups (broad SMARTS) is 1. The van der Waals surface area contributed by atoms with Crippen molar-refractivity contribution in [3.05, 3.63) is 22.4 Å². The van der Waals surface area contributed by atoms with Gasteiger partial charge in [-0.2, -0.15) is 0 Å². The van der Waals surface area contributed by atoms with Gasteiger partial charge in [-0.1, -0.05) is 6.07 Å². The highest BCUT2D eigenvalue weighted by atomic mass is 32.1. The number of carbonyl (C=O) groups excluding carboxylic acids is 1. The van der Waals surface area contributed by atoms with Crippen LogP contribution in [0.25, 0.3) is 0 Å². The molecule has 1 amide bonds. The van der Waals surface area contributed by atoms with E-state index in [1.54, 1.807) is 13.2 Å². The van der Waals surface area contributed by atoms with Gasteiger partial charge in [0, 0.05) is 18.6 Å². The van der Waals surface area contributed by atoms with Gasteiger partial charge in [-0.3, -0.25) is 9.59 Å². The molecule has 7 heteroatoms. The maximum absolute atomic E-state index is 12.0. The van der Waals surface area contributed by atoms with E-state index in [-0.39, 0.29) is 12.3 Å². The van der Waals surface area contributed by atoms with Gasteiger partial charge >= 0.3 is 5.97 Å². The molecule has 0 spiro atoms. The summed E-state index contributed by atoms with van der Waals surface area (Å²) in [5.41, 5.74) is 5.78. The number of nitrogens with one attached hydrogen (secondary N) is 1. The number of aliphatic carboxylic acids is 1. The summed E-state index contributed by atoms with van der Waals surface area (Å²) in [6.07, 6.45) is 1.04. The molecule has 0 aliphatic carbocycles. The predicted octanol–water partition coefficient (Wildman–Crippen LogP) is 1.13. The van der Waals surface area contributed by atoms with Crippen LogP contribution < -0.4 is 11.1 Å². The van der Waals surface area contributed by atoms with E-state index in [1.807, 2.05) is 11.4 Å². The maximum atomic E-state index is 12.0. The minimum Gasteiger partial charge on any atom is -0.481 e. The largest absolute Gasteiger partial charge is 0.481 e.